The Kier molecular flexibility index (Phi) is 6.00. The van der Waals surface area contributed by atoms with Crippen molar-refractivity contribution in [3.63, 3.8) is 0 Å². The average molecular weight is 339 g/mol. The van der Waals surface area contributed by atoms with E-state index in [4.69, 9.17) is 0 Å². The Morgan fingerprint density at radius 1 is 1.12 bits per heavy atom. The van der Waals surface area contributed by atoms with Gasteiger partial charge in [0.1, 0.15) is 5.69 Å². The molecule has 0 unspecified atom stereocenters. The minimum absolute atomic E-state index is 0.100. The normalized spacial score (nSPS) is 9.80. The highest BCUT2D eigenvalue weighted by molar-refractivity contribution is 6.05. The van der Waals surface area contributed by atoms with Crippen molar-refractivity contribution in [3.05, 3.63) is 72.1 Å². The molecule has 0 saturated carbocycles. The number of aromatic nitrogens is 1. The fraction of sp³-hybridized carbons (Fsp3) is 0.111. The number of benzene rings is 1. The van der Waals surface area contributed by atoms with E-state index in [1.54, 1.807) is 18.2 Å². The Morgan fingerprint density at radius 2 is 1.84 bits per heavy atom. The summed E-state index contributed by atoms with van der Waals surface area (Å²) in [5.41, 5.74) is 1.28. The maximum absolute atomic E-state index is 12.3. The number of nitrogens with zero attached hydrogens (tertiary/aromatic N) is 1. The van der Waals surface area contributed by atoms with E-state index in [9.17, 15) is 14.4 Å². The molecule has 2 rings (SSSR count). The van der Waals surface area contributed by atoms with Crippen molar-refractivity contribution in [2.45, 2.75) is 0 Å². The molecule has 0 spiro atoms. The van der Waals surface area contributed by atoms with Gasteiger partial charge in [0, 0.05) is 24.0 Å². The third-order valence-electron chi connectivity index (χ3n) is 3.23. The Balaban J connectivity index is 2.09. The van der Waals surface area contributed by atoms with Gasteiger partial charge < -0.3 is 15.4 Å². The molecule has 0 bridgehead atoms. The lowest BCUT2D eigenvalue weighted by molar-refractivity contribution is 0.0600. The fourth-order valence-corrected chi connectivity index (χ4v) is 1.97. The van der Waals surface area contributed by atoms with Crippen molar-refractivity contribution in [3.8, 4) is 0 Å². The second-order valence-corrected chi connectivity index (χ2v) is 4.95. The van der Waals surface area contributed by atoms with Crippen molar-refractivity contribution < 1.29 is 19.1 Å². The van der Waals surface area contributed by atoms with E-state index in [-0.39, 0.29) is 11.6 Å². The molecule has 2 amide bonds. The SMILES string of the molecule is C=CCNC(=O)c1ccnc(C(=O)Nc2ccc(C(=O)OC)cc2)c1. The van der Waals surface area contributed by atoms with Crippen LogP contribution >= 0.6 is 0 Å². The molecule has 1 heterocycles. The molecule has 25 heavy (non-hydrogen) atoms. The van der Waals surface area contributed by atoms with Crippen LogP contribution in [0.5, 0.6) is 0 Å². The third kappa shape index (κ3) is 4.74. The number of carbonyl (C=O) groups is 3. The summed E-state index contributed by atoms with van der Waals surface area (Å²) in [5.74, 6) is -1.25. The van der Waals surface area contributed by atoms with Crippen molar-refractivity contribution in [1.29, 1.82) is 0 Å². The Morgan fingerprint density at radius 3 is 2.48 bits per heavy atom. The van der Waals surface area contributed by atoms with Gasteiger partial charge in [0.05, 0.1) is 12.7 Å². The van der Waals surface area contributed by atoms with E-state index in [1.165, 1.54) is 37.6 Å². The van der Waals surface area contributed by atoms with E-state index >= 15 is 0 Å². The van der Waals surface area contributed by atoms with Crippen LogP contribution in [0, 0.1) is 0 Å². The van der Waals surface area contributed by atoms with E-state index in [2.05, 4.69) is 26.9 Å². The summed E-state index contributed by atoms with van der Waals surface area (Å²) < 4.78 is 4.61. The van der Waals surface area contributed by atoms with E-state index in [0.717, 1.165) is 0 Å². The molecule has 1 aromatic carbocycles. The molecule has 2 N–H and O–H groups in total. The van der Waals surface area contributed by atoms with Gasteiger partial charge in [-0.3, -0.25) is 14.6 Å². The largest absolute Gasteiger partial charge is 0.465 e. The van der Waals surface area contributed by atoms with Gasteiger partial charge >= 0.3 is 5.97 Å². The number of carbonyl (C=O) groups excluding carboxylic acids is 3. The Bertz CT molecular complexity index is 800. The van der Waals surface area contributed by atoms with Gasteiger partial charge in [-0.2, -0.15) is 0 Å². The number of anilines is 1. The summed E-state index contributed by atoms with van der Waals surface area (Å²) in [7, 11) is 1.29. The van der Waals surface area contributed by atoms with Gasteiger partial charge in [0.2, 0.25) is 0 Å². The molecule has 1 aromatic heterocycles. The standard InChI is InChI=1S/C18H17N3O4/c1-3-9-20-16(22)13-8-10-19-15(11-13)17(23)21-14-6-4-12(5-7-14)18(24)25-2/h3-8,10-11H,1,9H2,2H3,(H,20,22)(H,21,23). The molecule has 0 saturated heterocycles. The number of pyridine rings is 1. The van der Waals surface area contributed by atoms with Crippen LogP contribution in [0.15, 0.2) is 55.3 Å². The number of methoxy groups -OCH3 is 1. The highest BCUT2D eigenvalue weighted by atomic mass is 16.5. The molecule has 2 aromatic rings. The number of nitrogens with one attached hydrogen (secondary N) is 2. The first-order valence-electron chi connectivity index (χ1n) is 7.40. The van der Waals surface area contributed by atoms with Crippen molar-refractivity contribution in [2.75, 3.05) is 19.0 Å². The van der Waals surface area contributed by atoms with Gasteiger partial charge in [-0.1, -0.05) is 6.08 Å². The highest BCUT2D eigenvalue weighted by Gasteiger charge is 2.12. The molecule has 128 valence electrons. The summed E-state index contributed by atoms with van der Waals surface area (Å²) >= 11 is 0. The number of ether oxygens (including phenoxy) is 1. The lowest BCUT2D eigenvalue weighted by atomic mass is 10.2. The average Bonchev–Trinajstić information content (AvgIpc) is 2.66. The van der Waals surface area contributed by atoms with Crippen molar-refractivity contribution in [1.82, 2.24) is 10.3 Å². The monoisotopic (exact) mass is 339 g/mol. The molecule has 0 radical (unpaired) electrons. The number of hydrogen-bond acceptors (Lipinski definition) is 5. The number of rotatable bonds is 6. The summed E-state index contributed by atoms with van der Waals surface area (Å²) in [6.07, 6.45) is 2.95. The van der Waals surface area contributed by atoms with E-state index in [0.29, 0.717) is 23.4 Å². The molecule has 0 aliphatic carbocycles. The van der Waals surface area contributed by atoms with E-state index < -0.39 is 11.9 Å². The summed E-state index contributed by atoms with van der Waals surface area (Å²) in [5, 5.41) is 5.28. The first-order valence-corrected chi connectivity index (χ1v) is 7.40. The van der Waals surface area contributed by atoms with Gasteiger partial charge in [-0.05, 0) is 36.4 Å². The summed E-state index contributed by atoms with van der Waals surface area (Å²) in [6.45, 7) is 3.85. The highest BCUT2D eigenvalue weighted by Crippen LogP contribution is 2.12. The van der Waals surface area contributed by atoms with Crippen LogP contribution in [0.3, 0.4) is 0 Å². The van der Waals surface area contributed by atoms with Crippen LogP contribution in [0.1, 0.15) is 31.2 Å². The zero-order chi connectivity index (χ0) is 18.2. The maximum Gasteiger partial charge on any atom is 0.337 e. The molecule has 7 heteroatoms. The number of hydrogen-bond donors (Lipinski definition) is 2. The van der Waals surface area contributed by atoms with Gasteiger partial charge in [0.25, 0.3) is 11.8 Å². The van der Waals surface area contributed by atoms with Crippen molar-refractivity contribution >= 4 is 23.5 Å². The minimum Gasteiger partial charge on any atom is -0.465 e. The maximum atomic E-state index is 12.3. The van der Waals surface area contributed by atoms with Crippen LogP contribution in [0.2, 0.25) is 0 Å². The molecule has 0 aliphatic rings. The molecule has 7 nitrogen and oxygen atoms in total. The zero-order valence-electron chi connectivity index (χ0n) is 13.6. The third-order valence-corrected chi connectivity index (χ3v) is 3.23. The smallest absolute Gasteiger partial charge is 0.337 e. The van der Waals surface area contributed by atoms with E-state index in [1.807, 2.05) is 0 Å². The molecular weight excluding hydrogens is 322 g/mol. The van der Waals surface area contributed by atoms with Gasteiger partial charge in [-0.25, -0.2) is 4.79 Å². The second-order valence-electron chi connectivity index (χ2n) is 4.95. The first kappa shape index (κ1) is 17.9. The minimum atomic E-state index is -0.468. The van der Waals surface area contributed by atoms with Gasteiger partial charge in [0.15, 0.2) is 0 Å². The first-order chi connectivity index (χ1) is 12.0. The van der Waals surface area contributed by atoms with Crippen LogP contribution in [0.25, 0.3) is 0 Å². The topological polar surface area (TPSA) is 97.4 Å². The molecule has 0 atom stereocenters. The molecular formula is C18H17N3O4. The lowest BCUT2D eigenvalue weighted by Crippen LogP contribution is -2.24. The Labute approximate surface area is 144 Å². The van der Waals surface area contributed by atoms with Crippen LogP contribution in [0.4, 0.5) is 5.69 Å². The number of esters is 1. The predicted octanol–water partition coefficient (Wildman–Crippen LogP) is 2.04. The molecule has 0 fully saturated rings. The summed E-state index contributed by atoms with van der Waals surface area (Å²) in [4.78, 5) is 39.5. The lowest BCUT2D eigenvalue weighted by Gasteiger charge is -2.07. The Hall–Kier alpha value is -3.48. The predicted molar refractivity (Wildman–Crippen MR) is 92.5 cm³/mol. The molecule has 0 aliphatic heterocycles. The van der Waals surface area contributed by atoms with Crippen LogP contribution in [-0.2, 0) is 4.74 Å². The van der Waals surface area contributed by atoms with Crippen LogP contribution in [-0.4, -0.2) is 36.4 Å². The van der Waals surface area contributed by atoms with Crippen LogP contribution < -0.4 is 10.6 Å². The van der Waals surface area contributed by atoms with Crippen molar-refractivity contribution in [2.24, 2.45) is 0 Å². The fourth-order valence-electron chi connectivity index (χ4n) is 1.97. The number of amides is 2. The second kappa shape index (κ2) is 8.39. The zero-order valence-corrected chi connectivity index (χ0v) is 13.6. The quantitative estimate of drug-likeness (QED) is 0.620. The summed E-state index contributed by atoms with van der Waals surface area (Å²) in [6, 6.07) is 9.13. The van der Waals surface area contributed by atoms with Gasteiger partial charge in [-0.15, -0.1) is 6.58 Å².